The molecule has 2 aromatic rings. The predicted molar refractivity (Wildman–Crippen MR) is 94.5 cm³/mol. The van der Waals surface area contributed by atoms with E-state index in [2.05, 4.69) is 9.72 Å². The monoisotopic (exact) mass is 427 g/mol. The second-order valence-electron chi connectivity index (χ2n) is 6.24. The van der Waals surface area contributed by atoms with Crippen LogP contribution in [-0.4, -0.2) is 43.3 Å². The zero-order valence-corrected chi connectivity index (χ0v) is 15.8. The van der Waals surface area contributed by atoms with E-state index in [4.69, 9.17) is 10.00 Å². The van der Waals surface area contributed by atoms with Crippen LogP contribution in [0.5, 0.6) is 11.6 Å². The Hall–Kier alpha value is -2.84. The number of sulfonamides is 1. The van der Waals surface area contributed by atoms with Gasteiger partial charge in [0.25, 0.3) is 0 Å². The van der Waals surface area contributed by atoms with Crippen LogP contribution in [0.2, 0.25) is 0 Å². The van der Waals surface area contributed by atoms with Gasteiger partial charge in [0.05, 0.1) is 10.5 Å². The number of benzene rings is 1. The Labute approximate surface area is 165 Å². The van der Waals surface area contributed by atoms with Crippen LogP contribution in [0.15, 0.2) is 47.5 Å². The van der Waals surface area contributed by atoms with Crippen molar-refractivity contribution in [3.63, 3.8) is 0 Å². The molecule has 1 aliphatic heterocycles. The summed E-state index contributed by atoms with van der Waals surface area (Å²) in [5.74, 6) is -0.135. The number of alkyl halides is 3. The molecule has 1 aromatic carbocycles. The number of halogens is 3. The standard InChI is InChI=1S/C18H16F3N3O4S/c19-18(20,21)28-15-2-4-16(5-3-15)29(25,26)24-9-7-14(8-10-24)27-17-6-1-13(11-22)12-23-17/h1-6,12,14H,7-10H2. The molecule has 0 aliphatic carbocycles. The third kappa shape index (κ3) is 5.36. The first-order valence-electron chi connectivity index (χ1n) is 8.56. The van der Waals surface area contributed by atoms with Crippen molar-refractivity contribution < 1.29 is 31.1 Å². The minimum Gasteiger partial charge on any atom is -0.474 e. The van der Waals surface area contributed by atoms with Crippen molar-refractivity contribution in [2.24, 2.45) is 0 Å². The highest BCUT2D eigenvalue weighted by atomic mass is 32.2. The molecular weight excluding hydrogens is 411 g/mol. The van der Waals surface area contributed by atoms with Crippen LogP contribution in [0.1, 0.15) is 18.4 Å². The van der Waals surface area contributed by atoms with Gasteiger partial charge in [-0.25, -0.2) is 13.4 Å². The van der Waals surface area contributed by atoms with E-state index >= 15 is 0 Å². The normalized spacial score (nSPS) is 16.2. The summed E-state index contributed by atoms with van der Waals surface area (Å²) in [5.41, 5.74) is 0.407. The second-order valence-corrected chi connectivity index (χ2v) is 8.18. The minimum absolute atomic E-state index is 0.111. The van der Waals surface area contributed by atoms with E-state index in [0.717, 1.165) is 24.3 Å². The fourth-order valence-corrected chi connectivity index (χ4v) is 4.31. The lowest BCUT2D eigenvalue weighted by atomic mass is 10.1. The zero-order valence-electron chi connectivity index (χ0n) is 15.0. The quantitative estimate of drug-likeness (QED) is 0.728. The first-order chi connectivity index (χ1) is 13.7. The molecule has 2 heterocycles. The molecule has 0 saturated carbocycles. The predicted octanol–water partition coefficient (Wildman–Crippen LogP) is 3.08. The Morgan fingerprint density at radius 3 is 2.28 bits per heavy atom. The number of hydrogen-bond donors (Lipinski definition) is 0. The number of piperidine rings is 1. The molecule has 0 unspecified atom stereocenters. The van der Waals surface area contributed by atoms with Gasteiger partial charge in [-0.15, -0.1) is 13.2 Å². The Morgan fingerprint density at radius 1 is 1.10 bits per heavy atom. The summed E-state index contributed by atoms with van der Waals surface area (Å²) in [6, 6.07) is 9.20. The molecule has 0 amide bonds. The zero-order chi connectivity index (χ0) is 21.1. The smallest absolute Gasteiger partial charge is 0.474 e. The summed E-state index contributed by atoms with van der Waals surface area (Å²) >= 11 is 0. The van der Waals surface area contributed by atoms with Crippen molar-refractivity contribution in [1.82, 2.24) is 9.29 Å². The lowest BCUT2D eigenvalue weighted by Gasteiger charge is -2.31. The van der Waals surface area contributed by atoms with Gasteiger partial charge >= 0.3 is 6.36 Å². The molecule has 0 bridgehead atoms. The van der Waals surface area contributed by atoms with Gasteiger partial charge in [0.2, 0.25) is 15.9 Å². The highest BCUT2D eigenvalue weighted by Gasteiger charge is 2.32. The Morgan fingerprint density at radius 2 is 1.76 bits per heavy atom. The van der Waals surface area contributed by atoms with Crippen molar-refractivity contribution in [2.75, 3.05) is 13.1 Å². The molecule has 1 saturated heterocycles. The number of nitrogens with zero attached hydrogens (tertiary/aromatic N) is 3. The second kappa shape index (κ2) is 8.26. The molecule has 1 aromatic heterocycles. The summed E-state index contributed by atoms with van der Waals surface area (Å²) in [6.07, 6.45) is -2.83. The van der Waals surface area contributed by atoms with Crippen molar-refractivity contribution in [3.05, 3.63) is 48.2 Å². The average molecular weight is 427 g/mol. The summed E-state index contributed by atoms with van der Waals surface area (Å²) < 4.78 is 72.8. The van der Waals surface area contributed by atoms with Crippen molar-refractivity contribution in [1.29, 1.82) is 5.26 Å². The van der Waals surface area contributed by atoms with Crippen LogP contribution in [-0.2, 0) is 10.0 Å². The van der Waals surface area contributed by atoms with Crippen LogP contribution in [0.3, 0.4) is 0 Å². The first-order valence-corrected chi connectivity index (χ1v) is 10.0. The fourth-order valence-electron chi connectivity index (χ4n) is 2.84. The van der Waals surface area contributed by atoms with Crippen LogP contribution >= 0.6 is 0 Å². The molecule has 7 nitrogen and oxygen atoms in total. The molecule has 29 heavy (non-hydrogen) atoms. The van der Waals surface area contributed by atoms with Gasteiger partial charge in [-0.05, 0) is 43.2 Å². The molecule has 0 N–H and O–H groups in total. The van der Waals surface area contributed by atoms with E-state index in [0.29, 0.717) is 24.3 Å². The van der Waals surface area contributed by atoms with Gasteiger partial charge < -0.3 is 9.47 Å². The molecule has 1 fully saturated rings. The van der Waals surface area contributed by atoms with E-state index < -0.39 is 22.1 Å². The molecule has 0 atom stereocenters. The fraction of sp³-hybridized carbons (Fsp3) is 0.333. The third-order valence-electron chi connectivity index (χ3n) is 4.25. The molecule has 0 spiro atoms. The molecule has 154 valence electrons. The lowest BCUT2D eigenvalue weighted by Crippen LogP contribution is -2.41. The van der Waals surface area contributed by atoms with E-state index in [9.17, 15) is 21.6 Å². The maximum Gasteiger partial charge on any atom is 0.573 e. The van der Waals surface area contributed by atoms with Gasteiger partial charge in [-0.3, -0.25) is 0 Å². The number of ether oxygens (including phenoxy) is 2. The summed E-state index contributed by atoms with van der Waals surface area (Å²) in [5, 5.41) is 8.76. The van der Waals surface area contributed by atoms with Crippen molar-refractivity contribution in [2.45, 2.75) is 30.2 Å². The molecule has 1 aliphatic rings. The van der Waals surface area contributed by atoms with Crippen LogP contribution in [0, 0.1) is 11.3 Å². The van der Waals surface area contributed by atoms with E-state index in [1.807, 2.05) is 6.07 Å². The Bertz CT molecular complexity index is 979. The maximum atomic E-state index is 12.7. The summed E-state index contributed by atoms with van der Waals surface area (Å²) in [4.78, 5) is 3.91. The third-order valence-corrected chi connectivity index (χ3v) is 6.16. The Kier molecular flexibility index (Phi) is 5.95. The summed E-state index contributed by atoms with van der Waals surface area (Å²) in [6.45, 7) is 0.397. The highest BCUT2D eigenvalue weighted by Crippen LogP contribution is 2.27. The number of hydrogen-bond acceptors (Lipinski definition) is 6. The number of pyridine rings is 1. The molecule has 0 radical (unpaired) electrons. The van der Waals surface area contributed by atoms with Gasteiger partial charge in [0.1, 0.15) is 17.9 Å². The number of rotatable bonds is 5. The van der Waals surface area contributed by atoms with Crippen molar-refractivity contribution >= 4 is 10.0 Å². The average Bonchev–Trinajstić information content (AvgIpc) is 2.68. The summed E-state index contributed by atoms with van der Waals surface area (Å²) in [7, 11) is -3.84. The van der Waals surface area contributed by atoms with Gasteiger partial charge in [-0.2, -0.15) is 9.57 Å². The highest BCUT2D eigenvalue weighted by molar-refractivity contribution is 7.89. The van der Waals surface area contributed by atoms with Gasteiger partial charge in [-0.1, -0.05) is 0 Å². The van der Waals surface area contributed by atoms with Gasteiger partial charge in [0, 0.05) is 25.4 Å². The van der Waals surface area contributed by atoms with E-state index in [1.54, 1.807) is 12.1 Å². The van der Waals surface area contributed by atoms with Gasteiger partial charge in [0.15, 0.2) is 0 Å². The SMILES string of the molecule is N#Cc1ccc(OC2CCN(S(=O)(=O)c3ccc(OC(F)(F)F)cc3)CC2)nc1. The van der Waals surface area contributed by atoms with Crippen LogP contribution in [0.4, 0.5) is 13.2 Å². The van der Waals surface area contributed by atoms with Crippen LogP contribution < -0.4 is 9.47 Å². The first kappa shape index (κ1) is 20.9. The van der Waals surface area contributed by atoms with E-state index in [1.165, 1.54) is 10.5 Å². The topological polar surface area (TPSA) is 92.5 Å². The molecule has 11 heteroatoms. The van der Waals surface area contributed by atoms with E-state index in [-0.39, 0.29) is 24.1 Å². The maximum absolute atomic E-state index is 12.7. The van der Waals surface area contributed by atoms with Crippen LogP contribution in [0.25, 0.3) is 0 Å². The Balaban J connectivity index is 1.59. The minimum atomic E-state index is -4.84. The number of aromatic nitrogens is 1. The molecule has 3 rings (SSSR count). The molecular formula is C18H16F3N3O4S. The lowest BCUT2D eigenvalue weighted by molar-refractivity contribution is -0.274. The largest absolute Gasteiger partial charge is 0.573 e. The van der Waals surface area contributed by atoms with Crippen molar-refractivity contribution in [3.8, 4) is 17.7 Å². The number of nitriles is 1.